The van der Waals surface area contributed by atoms with Gasteiger partial charge >= 0.3 is 0 Å². The lowest BCUT2D eigenvalue weighted by molar-refractivity contribution is 0.00881. The molecule has 1 N–H and O–H groups in total. The molecule has 1 aromatic rings. The van der Waals surface area contributed by atoms with Gasteiger partial charge in [0.05, 0.1) is 26.9 Å². The van der Waals surface area contributed by atoms with E-state index in [2.05, 4.69) is 30.3 Å². The Hall–Kier alpha value is -1.30. The van der Waals surface area contributed by atoms with Crippen molar-refractivity contribution in [2.45, 2.75) is 19.6 Å². The van der Waals surface area contributed by atoms with E-state index in [0.717, 1.165) is 44.3 Å². The van der Waals surface area contributed by atoms with E-state index < -0.39 is 0 Å². The van der Waals surface area contributed by atoms with Crippen LogP contribution < -0.4 is 14.8 Å². The molecule has 0 aliphatic carbocycles. The van der Waals surface area contributed by atoms with Crippen molar-refractivity contribution < 1.29 is 14.2 Å². The number of morpholine rings is 1. The highest BCUT2D eigenvalue weighted by Crippen LogP contribution is 2.30. The van der Waals surface area contributed by atoms with Crippen molar-refractivity contribution >= 4 is 0 Å². The molecule has 0 aromatic heterocycles. The van der Waals surface area contributed by atoms with Crippen LogP contribution in [0.3, 0.4) is 0 Å². The standard InChI is InChI=1S/C16H26N2O3/c1-12-7-15(19-3)16(20-4)8-13(12)10-18(2)11-14-9-17-5-6-21-14/h7-8,14,17H,5-6,9-11H2,1-4H3. The highest BCUT2D eigenvalue weighted by molar-refractivity contribution is 5.47. The zero-order valence-electron chi connectivity index (χ0n) is 13.4. The zero-order chi connectivity index (χ0) is 15.2. The molecule has 1 unspecified atom stereocenters. The van der Waals surface area contributed by atoms with Gasteiger partial charge in [0, 0.05) is 26.2 Å². The Bertz CT molecular complexity index is 459. The SMILES string of the molecule is COc1cc(C)c(CN(C)CC2CNCCO2)cc1OC. The van der Waals surface area contributed by atoms with E-state index >= 15 is 0 Å². The summed E-state index contributed by atoms with van der Waals surface area (Å²) in [5, 5.41) is 3.36. The van der Waals surface area contributed by atoms with E-state index in [1.807, 2.05) is 6.07 Å². The average Bonchev–Trinajstić information content (AvgIpc) is 2.49. The molecule has 5 heteroatoms. The first-order chi connectivity index (χ1) is 10.1. The third-order valence-electron chi connectivity index (χ3n) is 3.80. The summed E-state index contributed by atoms with van der Waals surface area (Å²) < 4.78 is 16.5. The van der Waals surface area contributed by atoms with Crippen LogP contribution in [0, 0.1) is 6.92 Å². The largest absolute Gasteiger partial charge is 0.493 e. The van der Waals surface area contributed by atoms with Crippen LogP contribution in [0.5, 0.6) is 11.5 Å². The van der Waals surface area contributed by atoms with Crippen LogP contribution in [-0.2, 0) is 11.3 Å². The molecule has 1 atom stereocenters. The Morgan fingerprint density at radius 3 is 2.62 bits per heavy atom. The molecule has 1 aromatic carbocycles. The van der Waals surface area contributed by atoms with Crippen LogP contribution in [0.15, 0.2) is 12.1 Å². The number of aryl methyl sites for hydroxylation is 1. The van der Waals surface area contributed by atoms with Crippen molar-refractivity contribution in [3.8, 4) is 11.5 Å². The molecule has 2 rings (SSSR count). The molecule has 1 saturated heterocycles. The molecule has 21 heavy (non-hydrogen) atoms. The lowest BCUT2D eigenvalue weighted by atomic mass is 10.1. The summed E-state index contributed by atoms with van der Waals surface area (Å²) >= 11 is 0. The quantitative estimate of drug-likeness (QED) is 0.860. The summed E-state index contributed by atoms with van der Waals surface area (Å²) in [5.41, 5.74) is 2.46. The third-order valence-corrected chi connectivity index (χ3v) is 3.80. The maximum Gasteiger partial charge on any atom is 0.161 e. The number of rotatable bonds is 6. The minimum Gasteiger partial charge on any atom is -0.493 e. The number of nitrogens with one attached hydrogen (secondary N) is 1. The highest BCUT2D eigenvalue weighted by atomic mass is 16.5. The van der Waals surface area contributed by atoms with Crippen LogP contribution in [0.2, 0.25) is 0 Å². The number of methoxy groups -OCH3 is 2. The van der Waals surface area contributed by atoms with Crippen LogP contribution in [0.4, 0.5) is 0 Å². The van der Waals surface area contributed by atoms with Gasteiger partial charge in [0.15, 0.2) is 11.5 Å². The predicted octanol–water partition coefficient (Wildman–Crippen LogP) is 1.43. The van der Waals surface area contributed by atoms with Crippen molar-refractivity contribution in [3.63, 3.8) is 0 Å². The zero-order valence-corrected chi connectivity index (χ0v) is 13.4. The van der Waals surface area contributed by atoms with Crippen molar-refractivity contribution in [1.29, 1.82) is 0 Å². The maximum absolute atomic E-state index is 5.75. The second kappa shape index (κ2) is 7.64. The number of ether oxygens (including phenoxy) is 3. The second-order valence-electron chi connectivity index (χ2n) is 5.53. The topological polar surface area (TPSA) is 43.0 Å². The molecule has 118 valence electrons. The maximum atomic E-state index is 5.75. The number of likely N-dealkylation sites (N-methyl/N-ethyl adjacent to an activating group) is 1. The van der Waals surface area contributed by atoms with Crippen molar-refractivity contribution in [2.75, 3.05) is 47.5 Å². The predicted molar refractivity (Wildman–Crippen MR) is 83.2 cm³/mol. The van der Waals surface area contributed by atoms with Gasteiger partial charge in [-0.15, -0.1) is 0 Å². The van der Waals surface area contributed by atoms with E-state index in [1.165, 1.54) is 11.1 Å². The molecule has 1 aliphatic heterocycles. The Morgan fingerprint density at radius 1 is 1.29 bits per heavy atom. The lowest BCUT2D eigenvalue weighted by Gasteiger charge is -2.28. The van der Waals surface area contributed by atoms with Gasteiger partial charge in [0.25, 0.3) is 0 Å². The van der Waals surface area contributed by atoms with Gasteiger partial charge in [-0.1, -0.05) is 0 Å². The summed E-state index contributed by atoms with van der Waals surface area (Å²) in [7, 11) is 5.45. The van der Waals surface area contributed by atoms with E-state index in [1.54, 1.807) is 14.2 Å². The van der Waals surface area contributed by atoms with Gasteiger partial charge < -0.3 is 19.5 Å². The second-order valence-corrected chi connectivity index (χ2v) is 5.53. The molecule has 1 fully saturated rings. The number of benzene rings is 1. The van der Waals surface area contributed by atoms with Crippen molar-refractivity contribution in [1.82, 2.24) is 10.2 Å². The van der Waals surface area contributed by atoms with Gasteiger partial charge in [-0.05, 0) is 37.2 Å². The van der Waals surface area contributed by atoms with Gasteiger partial charge in [0.2, 0.25) is 0 Å². The van der Waals surface area contributed by atoms with Gasteiger partial charge in [0.1, 0.15) is 0 Å². The first-order valence-corrected chi connectivity index (χ1v) is 7.36. The number of hydrogen-bond acceptors (Lipinski definition) is 5. The molecule has 0 spiro atoms. The summed E-state index contributed by atoms with van der Waals surface area (Å²) in [4.78, 5) is 2.28. The fourth-order valence-electron chi connectivity index (χ4n) is 2.63. The fourth-order valence-corrected chi connectivity index (χ4v) is 2.63. The first-order valence-electron chi connectivity index (χ1n) is 7.36. The highest BCUT2D eigenvalue weighted by Gasteiger charge is 2.16. The monoisotopic (exact) mass is 294 g/mol. The van der Waals surface area contributed by atoms with Gasteiger partial charge in [-0.2, -0.15) is 0 Å². The minimum absolute atomic E-state index is 0.268. The average molecular weight is 294 g/mol. The minimum atomic E-state index is 0.268. The van der Waals surface area contributed by atoms with Gasteiger partial charge in [-0.25, -0.2) is 0 Å². The van der Waals surface area contributed by atoms with E-state index in [-0.39, 0.29) is 6.10 Å². The van der Waals surface area contributed by atoms with Crippen LogP contribution in [0.25, 0.3) is 0 Å². The lowest BCUT2D eigenvalue weighted by Crippen LogP contribution is -2.44. The van der Waals surface area contributed by atoms with Crippen molar-refractivity contribution in [3.05, 3.63) is 23.3 Å². The van der Waals surface area contributed by atoms with Crippen molar-refractivity contribution in [2.24, 2.45) is 0 Å². The molecule has 0 radical (unpaired) electrons. The Balaban J connectivity index is 2.00. The van der Waals surface area contributed by atoms with Crippen LogP contribution in [-0.4, -0.2) is 58.5 Å². The molecule has 5 nitrogen and oxygen atoms in total. The molecular formula is C16H26N2O3. The molecule has 0 amide bonds. The molecule has 1 aliphatic rings. The Kier molecular flexibility index (Phi) is 5.85. The first kappa shape index (κ1) is 16.1. The molecule has 0 saturated carbocycles. The van der Waals surface area contributed by atoms with Crippen LogP contribution in [0.1, 0.15) is 11.1 Å². The molecule has 1 heterocycles. The summed E-state index contributed by atoms with van der Waals surface area (Å²) in [6.45, 7) is 6.56. The fraction of sp³-hybridized carbons (Fsp3) is 0.625. The van der Waals surface area contributed by atoms with E-state index in [4.69, 9.17) is 14.2 Å². The van der Waals surface area contributed by atoms with Gasteiger partial charge in [-0.3, -0.25) is 4.90 Å². The van der Waals surface area contributed by atoms with E-state index in [0.29, 0.717) is 0 Å². The summed E-state index contributed by atoms with van der Waals surface area (Å²) in [5.74, 6) is 1.56. The number of hydrogen-bond donors (Lipinski definition) is 1. The Morgan fingerprint density at radius 2 is 2.00 bits per heavy atom. The summed E-state index contributed by atoms with van der Waals surface area (Å²) in [6, 6.07) is 4.09. The summed E-state index contributed by atoms with van der Waals surface area (Å²) in [6.07, 6.45) is 0.268. The Labute approximate surface area is 127 Å². The smallest absolute Gasteiger partial charge is 0.161 e. The normalized spacial score (nSPS) is 18.8. The third kappa shape index (κ3) is 4.33. The molecule has 0 bridgehead atoms. The number of nitrogens with zero attached hydrogens (tertiary/aromatic N) is 1. The van der Waals surface area contributed by atoms with E-state index in [9.17, 15) is 0 Å². The molecular weight excluding hydrogens is 268 g/mol. The van der Waals surface area contributed by atoms with Crippen LogP contribution >= 0.6 is 0 Å².